The molecule has 2 bridgehead atoms. The van der Waals surface area contributed by atoms with E-state index in [1.165, 1.54) is 18.4 Å². The van der Waals surface area contributed by atoms with Crippen molar-refractivity contribution < 1.29 is 24.2 Å². The minimum atomic E-state index is -0.920. The Morgan fingerprint density at radius 3 is 2.86 bits per heavy atom. The van der Waals surface area contributed by atoms with Gasteiger partial charge in [-0.05, 0) is 86.6 Å². The molecule has 2 unspecified atom stereocenters. The van der Waals surface area contributed by atoms with Crippen molar-refractivity contribution in [3.8, 4) is 11.5 Å². The number of likely N-dealkylation sites (N-methyl/N-ethyl adjacent to an activating group) is 1. The topological polar surface area (TPSA) is 86.4 Å². The van der Waals surface area contributed by atoms with Gasteiger partial charge >= 0.3 is 0 Å². The number of phenolic OH excluding ortho intramolecular Hbond substituents is 1. The smallest absolute Gasteiger partial charge is 0.226 e. The lowest BCUT2D eigenvalue weighted by molar-refractivity contribution is -0.200. The second kappa shape index (κ2) is 7.07. The molecular weight excluding hydrogens is 456 g/mol. The zero-order valence-electron chi connectivity index (χ0n) is 20.7. The average molecular weight is 491 g/mol. The summed E-state index contributed by atoms with van der Waals surface area (Å²) < 4.78 is 11.9. The van der Waals surface area contributed by atoms with Crippen LogP contribution in [0.5, 0.6) is 11.5 Å². The summed E-state index contributed by atoms with van der Waals surface area (Å²) in [7, 11) is 1.91. The molecule has 36 heavy (non-hydrogen) atoms. The second-order valence-electron chi connectivity index (χ2n) is 12.4. The van der Waals surface area contributed by atoms with Crippen LogP contribution in [0.15, 0.2) is 35.1 Å². The van der Waals surface area contributed by atoms with Gasteiger partial charge in [-0.2, -0.15) is 0 Å². The van der Waals surface area contributed by atoms with Crippen molar-refractivity contribution >= 4 is 5.91 Å². The van der Waals surface area contributed by atoms with Crippen LogP contribution in [0, 0.1) is 11.8 Å². The molecule has 2 aromatic rings. The number of piperidine rings is 1. The third-order valence-corrected chi connectivity index (χ3v) is 10.7. The van der Waals surface area contributed by atoms with Crippen molar-refractivity contribution in [1.29, 1.82) is 0 Å². The molecule has 1 spiro atoms. The summed E-state index contributed by atoms with van der Waals surface area (Å²) in [6, 6.07) is 5.65. The Hall–Kier alpha value is -2.51. The lowest BCUT2D eigenvalue weighted by Crippen LogP contribution is -2.78. The van der Waals surface area contributed by atoms with E-state index in [0.29, 0.717) is 18.6 Å². The molecule has 7 heteroatoms. The highest BCUT2D eigenvalue weighted by Gasteiger charge is 2.73. The molecule has 0 radical (unpaired) electrons. The number of hydrogen-bond donors (Lipinski definition) is 2. The number of phenols is 1. The van der Waals surface area contributed by atoms with Gasteiger partial charge < -0.3 is 24.3 Å². The maximum absolute atomic E-state index is 13.7. The highest BCUT2D eigenvalue weighted by molar-refractivity contribution is 5.83. The van der Waals surface area contributed by atoms with Crippen LogP contribution in [0.1, 0.15) is 61.1 Å². The van der Waals surface area contributed by atoms with Crippen LogP contribution in [0.25, 0.3) is 0 Å². The number of carbonyl (C=O) groups excluding carboxylic acids is 1. The molecule has 2 N–H and O–H groups in total. The van der Waals surface area contributed by atoms with Crippen LogP contribution >= 0.6 is 0 Å². The monoisotopic (exact) mass is 490 g/mol. The van der Waals surface area contributed by atoms with Crippen molar-refractivity contribution in [2.45, 2.75) is 80.1 Å². The van der Waals surface area contributed by atoms with Crippen molar-refractivity contribution in [2.24, 2.45) is 11.8 Å². The van der Waals surface area contributed by atoms with E-state index in [4.69, 9.17) is 9.15 Å². The minimum Gasteiger partial charge on any atom is -0.504 e. The van der Waals surface area contributed by atoms with Gasteiger partial charge in [-0.15, -0.1) is 0 Å². The number of likely N-dealkylation sites (tertiary alicyclic amines) is 1. The molecule has 190 valence electrons. The van der Waals surface area contributed by atoms with E-state index in [-0.39, 0.29) is 41.7 Å². The van der Waals surface area contributed by atoms with E-state index in [0.717, 1.165) is 49.4 Å². The Morgan fingerprint density at radius 1 is 1.22 bits per heavy atom. The molecule has 1 aromatic carbocycles. The van der Waals surface area contributed by atoms with Crippen molar-refractivity contribution in [3.05, 3.63) is 47.4 Å². The number of rotatable bonds is 5. The number of amides is 1. The fourth-order valence-electron chi connectivity index (χ4n) is 8.60. The van der Waals surface area contributed by atoms with Gasteiger partial charge in [0.05, 0.1) is 29.6 Å². The Labute approximate surface area is 211 Å². The molecule has 7 nitrogen and oxygen atoms in total. The Kier molecular flexibility index (Phi) is 4.24. The maximum Gasteiger partial charge on any atom is 0.226 e. The predicted molar refractivity (Wildman–Crippen MR) is 131 cm³/mol. The zero-order chi connectivity index (χ0) is 24.4. The number of carbonyl (C=O) groups is 1. The lowest BCUT2D eigenvalue weighted by Gasteiger charge is -2.64. The van der Waals surface area contributed by atoms with Crippen molar-refractivity contribution in [3.63, 3.8) is 0 Å². The van der Waals surface area contributed by atoms with E-state index in [2.05, 4.69) is 4.90 Å². The van der Waals surface area contributed by atoms with Crippen LogP contribution in [0.2, 0.25) is 0 Å². The normalized spacial score (nSPS) is 39.9. The van der Waals surface area contributed by atoms with Crippen molar-refractivity contribution in [2.75, 3.05) is 20.1 Å². The average Bonchev–Trinajstić information content (AvgIpc) is 3.76. The quantitative estimate of drug-likeness (QED) is 0.670. The molecular formula is C29H34N2O5. The van der Waals surface area contributed by atoms with Gasteiger partial charge in [0.1, 0.15) is 6.10 Å². The standard InChI is InChI=1S/C29H34N2O5/c1-30(27(33)20-13-19(20)18-7-11-35-15-18)21-6-8-29(34)23-12-17-4-5-22(32)25-24(17)28(29,26(21)36-25)9-10-31(23)14-16-2-3-16/h4-5,7,11,15-16,19-21,23,26,32,34H,2-3,6,8-10,12-14H2,1H3/t19?,20?,21-,23-,26+,28+,29-/m1/s1. The fraction of sp³-hybridized carbons (Fsp3) is 0.621. The van der Waals surface area contributed by atoms with Gasteiger partial charge in [-0.1, -0.05) is 6.07 Å². The largest absolute Gasteiger partial charge is 0.504 e. The molecule has 7 atom stereocenters. The molecule has 3 saturated carbocycles. The second-order valence-corrected chi connectivity index (χ2v) is 12.4. The Morgan fingerprint density at radius 2 is 2.08 bits per heavy atom. The first-order chi connectivity index (χ1) is 17.4. The molecule has 3 heterocycles. The predicted octanol–water partition coefficient (Wildman–Crippen LogP) is 3.18. The first kappa shape index (κ1) is 21.6. The summed E-state index contributed by atoms with van der Waals surface area (Å²) >= 11 is 0. The first-order valence-corrected chi connectivity index (χ1v) is 13.7. The van der Waals surface area contributed by atoms with Gasteiger partial charge in [0.2, 0.25) is 5.91 Å². The number of benzene rings is 1. The van der Waals surface area contributed by atoms with E-state index in [9.17, 15) is 15.0 Å². The van der Waals surface area contributed by atoms with E-state index in [1.807, 2.05) is 24.1 Å². The summed E-state index contributed by atoms with van der Waals surface area (Å²) in [5, 5.41) is 23.5. The molecule has 1 aromatic heterocycles. The van der Waals surface area contributed by atoms with Gasteiger partial charge in [-0.3, -0.25) is 9.69 Å². The van der Waals surface area contributed by atoms with Crippen LogP contribution in [-0.4, -0.2) is 69.8 Å². The highest BCUT2D eigenvalue weighted by atomic mass is 16.5. The molecule has 4 aliphatic carbocycles. The van der Waals surface area contributed by atoms with Crippen molar-refractivity contribution in [1.82, 2.24) is 9.80 Å². The van der Waals surface area contributed by atoms with Gasteiger partial charge in [0.25, 0.3) is 0 Å². The van der Waals surface area contributed by atoms with E-state index >= 15 is 0 Å². The van der Waals surface area contributed by atoms with Gasteiger partial charge in [0.15, 0.2) is 11.5 Å². The molecule has 2 aliphatic heterocycles. The number of furan rings is 1. The first-order valence-electron chi connectivity index (χ1n) is 13.7. The van der Waals surface area contributed by atoms with Crippen LogP contribution in [-0.2, 0) is 16.6 Å². The van der Waals surface area contributed by atoms with Crippen LogP contribution in [0.3, 0.4) is 0 Å². The molecule has 6 aliphatic rings. The van der Waals surface area contributed by atoms with Crippen LogP contribution in [0.4, 0.5) is 0 Å². The SMILES string of the molecule is CN(C(=O)C1CC1c1ccoc1)[C@@H]1CC[C@@]2(O)[C@H]3Cc4ccc(O)c5c4[C@@]2(CCN3CC2CC2)[C@H]1O5. The van der Waals surface area contributed by atoms with E-state index < -0.39 is 11.0 Å². The molecule has 4 fully saturated rings. The third-order valence-electron chi connectivity index (χ3n) is 10.7. The summed E-state index contributed by atoms with van der Waals surface area (Å²) in [6.45, 7) is 1.99. The number of aliphatic hydroxyl groups is 1. The van der Waals surface area contributed by atoms with Gasteiger partial charge in [-0.25, -0.2) is 0 Å². The zero-order valence-corrected chi connectivity index (χ0v) is 20.7. The van der Waals surface area contributed by atoms with Crippen LogP contribution < -0.4 is 4.74 Å². The number of hydrogen-bond acceptors (Lipinski definition) is 6. The lowest BCUT2D eigenvalue weighted by atomic mass is 9.48. The fourth-order valence-corrected chi connectivity index (χ4v) is 8.60. The number of nitrogens with zero attached hydrogens (tertiary/aromatic N) is 2. The molecule has 1 amide bonds. The summed E-state index contributed by atoms with van der Waals surface area (Å²) in [4.78, 5) is 18.1. The summed E-state index contributed by atoms with van der Waals surface area (Å²) in [6.07, 6.45) is 9.42. The highest BCUT2D eigenvalue weighted by Crippen LogP contribution is 2.66. The third kappa shape index (κ3) is 2.63. The maximum atomic E-state index is 13.7. The Bertz CT molecular complexity index is 1240. The number of ether oxygens (including phenoxy) is 1. The minimum absolute atomic E-state index is 0.0295. The Balaban J connectivity index is 1.17. The summed E-state index contributed by atoms with van der Waals surface area (Å²) in [5.74, 6) is 1.79. The van der Waals surface area contributed by atoms with E-state index in [1.54, 1.807) is 18.6 Å². The molecule has 8 rings (SSSR count). The summed E-state index contributed by atoms with van der Waals surface area (Å²) in [5.41, 5.74) is 1.79. The number of aromatic hydroxyl groups is 1. The van der Waals surface area contributed by atoms with Gasteiger partial charge in [0, 0.05) is 31.1 Å². The molecule has 1 saturated heterocycles.